The molecular weight excluding hydrogens is 178 g/mol. The Bertz CT molecular complexity index is 194. The van der Waals surface area contributed by atoms with E-state index in [4.69, 9.17) is 0 Å². The first-order chi connectivity index (χ1) is 6.04. The fraction of sp³-hybridized carbons (Fsp3) is 1.00. The van der Waals surface area contributed by atoms with Gasteiger partial charge in [-0.15, -0.1) is 11.8 Å². The van der Waals surface area contributed by atoms with E-state index in [1.165, 1.54) is 31.6 Å². The molecule has 76 valence electrons. The maximum absolute atomic E-state index is 3.76. The van der Waals surface area contributed by atoms with Crippen LogP contribution in [0.15, 0.2) is 0 Å². The van der Waals surface area contributed by atoms with Crippen LogP contribution in [-0.2, 0) is 0 Å². The molecule has 2 heteroatoms. The molecule has 2 aliphatic rings. The van der Waals surface area contributed by atoms with Gasteiger partial charge in [-0.3, -0.25) is 0 Å². The first-order valence-electron chi connectivity index (χ1n) is 5.43. The van der Waals surface area contributed by atoms with E-state index in [1.54, 1.807) is 0 Å². The first kappa shape index (κ1) is 9.85. The third kappa shape index (κ3) is 1.75. The summed E-state index contributed by atoms with van der Waals surface area (Å²) in [7, 11) is 0. The molecule has 1 aliphatic carbocycles. The van der Waals surface area contributed by atoms with Gasteiger partial charge in [-0.25, -0.2) is 0 Å². The first-order valence-corrected chi connectivity index (χ1v) is 6.42. The molecule has 2 fully saturated rings. The molecule has 2 unspecified atom stereocenters. The van der Waals surface area contributed by atoms with E-state index in [-0.39, 0.29) is 0 Å². The van der Waals surface area contributed by atoms with Crippen LogP contribution < -0.4 is 5.32 Å². The summed E-state index contributed by atoms with van der Waals surface area (Å²) in [5, 5.41) is 3.76. The molecule has 0 amide bonds. The maximum atomic E-state index is 3.76. The Balaban J connectivity index is 2.13. The Morgan fingerprint density at radius 1 is 1.38 bits per heavy atom. The SMILES string of the molecule is CC1CC(C)(C)CC12NCCCS2. The van der Waals surface area contributed by atoms with Gasteiger partial charge in [0, 0.05) is 0 Å². The molecule has 1 nitrogen and oxygen atoms in total. The van der Waals surface area contributed by atoms with Gasteiger partial charge in [-0.05, 0) is 42.9 Å². The zero-order valence-corrected chi connectivity index (χ0v) is 9.84. The molecule has 1 heterocycles. The predicted molar refractivity (Wildman–Crippen MR) is 60.0 cm³/mol. The predicted octanol–water partition coefficient (Wildman–Crippen LogP) is 2.87. The van der Waals surface area contributed by atoms with Gasteiger partial charge in [0.1, 0.15) is 0 Å². The Kier molecular flexibility index (Phi) is 2.40. The van der Waals surface area contributed by atoms with Gasteiger partial charge >= 0.3 is 0 Å². The van der Waals surface area contributed by atoms with Crippen molar-refractivity contribution in [2.75, 3.05) is 12.3 Å². The average molecular weight is 199 g/mol. The third-order valence-corrected chi connectivity index (χ3v) is 5.20. The second-order valence-corrected chi connectivity index (χ2v) is 6.89. The van der Waals surface area contributed by atoms with Crippen LogP contribution in [0.5, 0.6) is 0 Å². The second-order valence-electron chi connectivity index (χ2n) is 5.46. The van der Waals surface area contributed by atoms with Gasteiger partial charge in [-0.2, -0.15) is 0 Å². The molecule has 2 atom stereocenters. The summed E-state index contributed by atoms with van der Waals surface area (Å²) in [6.45, 7) is 8.47. The summed E-state index contributed by atoms with van der Waals surface area (Å²) in [4.78, 5) is 0.432. The lowest BCUT2D eigenvalue weighted by atomic mass is 9.91. The van der Waals surface area contributed by atoms with Crippen molar-refractivity contribution in [2.24, 2.45) is 11.3 Å². The summed E-state index contributed by atoms with van der Waals surface area (Å²) in [6, 6.07) is 0. The highest BCUT2D eigenvalue weighted by Gasteiger charge is 2.49. The van der Waals surface area contributed by atoms with Crippen molar-refractivity contribution in [3.8, 4) is 0 Å². The van der Waals surface area contributed by atoms with Crippen LogP contribution in [-0.4, -0.2) is 17.2 Å². The molecule has 0 radical (unpaired) electrons. The van der Waals surface area contributed by atoms with Crippen LogP contribution >= 0.6 is 11.8 Å². The molecule has 0 aromatic heterocycles. The van der Waals surface area contributed by atoms with Crippen LogP contribution in [0.25, 0.3) is 0 Å². The Morgan fingerprint density at radius 3 is 2.62 bits per heavy atom. The van der Waals surface area contributed by atoms with E-state index in [0.29, 0.717) is 10.3 Å². The smallest absolute Gasteiger partial charge is 0.0676 e. The topological polar surface area (TPSA) is 12.0 Å². The number of nitrogens with one attached hydrogen (secondary N) is 1. The minimum Gasteiger partial charge on any atom is -0.303 e. The van der Waals surface area contributed by atoms with Crippen molar-refractivity contribution in [3.05, 3.63) is 0 Å². The van der Waals surface area contributed by atoms with E-state index >= 15 is 0 Å². The highest BCUT2D eigenvalue weighted by Crippen LogP contribution is 2.53. The minimum atomic E-state index is 0.432. The minimum absolute atomic E-state index is 0.432. The third-order valence-electron chi connectivity index (χ3n) is 3.50. The number of thioether (sulfide) groups is 1. The summed E-state index contributed by atoms with van der Waals surface area (Å²) in [5.41, 5.74) is 0.552. The van der Waals surface area contributed by atoms with Crippen molar-refractivity contribution in [1.29, 1.82) is 0 Å². The molecule has 1 saturated carbocycles. The lowest BCUT2D eigenvalue weighted by Crippen LogP contribution is -2.48. The molecular formula is C11H21NS. The zero-order chi connectivity index (χ0) is 9.53. The van der Waals surface area contributed by atoms with Crippen LogP contribution in [0, 0.1) is 11.3 Å². The molecule has 0 aromatic carbocycles. The van der Waals surface area contributed by atoms with Crippen LogP contribution in [0.1, 0.15) is 40.0 Å². The second kappa shape index (κ2) is 3.16. The van der Waals surface area contributed by atoms with Gasteiger partial charge in [0.15, 0.2) is 0 Å². The van der Waals surface area contributed by atoms with Crippen molar-refractivity contribution in [1.82, 2.24) is 5.32 Å². The normalized spacial score (nSPS) is 44.1. The van der Waals surface area contributed by atoms with Crippen molar-refractivity contribution < 1.29 is 0 Å². The van der Waals surface area contributed by atoms with Crippen LogP contribution in [0.2, 0.25) is 0 Å². The van der Waals surface area contributed by atoms with Gasteiger partial charge in [0.05, 0.1) is 4.87 Å². The largest absolute Gasteiger partial charge is 0.303 e. The lowest BCUT2D eigenvalue weighted by molar-refractivity contribution is 0.349. The fourth-order valence-electron chi connectivity index (χ4n) is 3.06. The molecule has 1 saturated heterocycles. The van der Waals surface area contributed by atoms with Gasteiger partial charge in [-0.1, -0.05) is 20.8 Å². The average Bonchev–Trinajstić information content (AvgIpc) is 2.23. The quantitative estimate of drug-likeness (QED) is 0.644. The lowest BCUT2D eigenvalue weighted by Gasteiger charge is -2.38. The molecule has 1 aliphatic heterocycles. The van der Waals surface area contributed by atoms with Gasteiger partial charge in [0.25, 0.3) is 0 Å². The molecule has 0 bridgehead atoms. The van der Waals surface area contributed by atoms with E-state index in [2.05, 4.69) is 37.8 Å². The van der Waals surface area contributed by atoms with Gasteiger partial charge in [0.2, 0.25) is 0 Å². The number of hydrogen-bond donors (Lipinski definition) is 1. The summed E-state index contributed by atoms with van der Waals surface area (Å²) in [6.07, 6.45) is 4.08. The van der Waals surface area contributed by atoms with Gasteiger partial charge < -0.3 is 5.32 Å². The highest BCUT2D eigenvalue weighted by atomic mass is 32.2. The van der Waals surface area contributed by atoms with Crippen LogP contribution in [0.3, 0.4) is 0 Å². The van der Waals surface area contributed by atoms with Crippen molar-refractivity contribution >= 4 is 11.8 Å². The van der Waals surface area contributed by atoms with Crippen molar-refractivity contribution in [2.45, 2.75) is 44.9 Å². The standard InChI is InChI=1S/C11H21NS/c1-9-7-10(2,3)8-11(9)12-5-4-6-13-11/h9,12H,4-8H2,1-3H3. The van der Waals surface area contributed by atoms with Crippen molar-refractivity contribution in [3.63, 3.8) is 0 Å². The molecule has 0 aromatic rings. The zero-order valence-electron chi connectivity index (χ0n) is 9.02. The van der Waals surface area contributed by atoms with E-state index in [0.717, 1.165) is 5.92 Å². The van der Waals surface area contributed by atoms with E-state index < -0.39 is 0 Å². The number of hydrogen-bond acceptors (Lipinski definition) is 2. The maximum Gasteiger partial charge on any atom is 0.0676 e. The van der Waals surface area contributed by atoms with E-state index in [1.807, 2.05) is 0 Å². The fourth-order valence-corrected chi connectivity index (χ4v) is 4.78. The molecule has 1 spiro atoms. The summed E-state index contributed by atoms with van der Waals surface area (Å²) < 4.78 is 0. The van der Waals surface area contributed by atoms with Crippen LogP contribution in [0.4, 0.5) is 0 Å². The Morgan fingerprint density at radius 2 is 2.15 bits per heavy atom. The van der Waals surface area contributed by atoms with E-state index in [9.17, 15) is 0 Å². The summed E-state index contributed by atoms with van der Waals surface area (Å²) in [5.74, 6) is 2.20. The monoisotopic (exact) mass is 199 g/mol. The summed E-state index contributed by atoms with van der Waals surface area (Å²) >= 11 is 2.17. The number of rotatable bonds is 0. The Hall–Kier alpha value is 0.310. The molecule has 1 N–H and O–H groups in total. The highest BCUT2D eigenvalue weighted by molar-refractivity contribution is 8.00. The molecule has 2 rings (SSSR count). The Labute approximate surface area is 86.0 Å². The molecule has 13 heavy (non-hydrogen) atoms.